The molecule has 0 radical (unpaired) electrons. The number of amides is 1. The maximum Gasteiger partial charge on any atom is 0.246 e. The summed E-state index contributed by atoms with van der Waals surface area (Å²) in [5.74, 6) is 2.54. The van der Waals surface area contributed by atoms with E-state index in [1.165, 1.54) is 18.5 Å². The lowest BCUT2D eigenvalue weighted by molar-refractivity contribution is -0.129. The molecule has 1 N–H and O–H groups in total. The molecule has 2 fully saturated rings. The van der Waals surface area contributed by atoms with Crippen LogP contribution in [-0.2, 0) is 11.8 Å². The number of imidazole rings is 1. The molecule has 1 atom stereocenters. The number of anilines is 3. The quantitative estimate of drug-likeness (QED) is 0.253. The second-order valence-electron chi connectivity index (χ2n) is 11.2. The van der Waals surface area contributed by atoms with E-state index in [0.29, 0.717) is 52.9 Å². The van der Waals surface area contributed by atoms with E-state index in [-0.39, 0.29) is 17.8 Å². The number of nitrogens with zero attached hydrogens (tertiary/aromatic N) is 7. The van der Waals surface area contributed by atoms with Gasteiger partial charge in [-0.1, -0.05) is 6.58 Å². The first-order chi connectivity index (χ1) is 20.9. The molecule has 2 aromatic carbocycles. The lowest BCUT2D eigenvalue weighted by Gasteiger charge is -2.42. The van der Waals surface area contributed by atoms with Gasteiger partial charge in [0.1, 0.15) is 34.7 Å². The van der Waals surface area contributed by atoms with Crippen LogP contribution in [0.3, 0.4) is 0 Å². The molecule has 10 nitrogen and oxygen atoms in total. The Morgan fingerprint density at radius 3 is 2.74 bits per heavy atom. The van der Waals surface area contributed by atoms with Gasteiger partial charge in [-0.2, -0.15) is 0 Å². The molecule has 1 saturated carbocycles. The molecule has 5 aromatic rings. The molecule has 1 saturated heterocycles. The number of fused-ring (bicyclic) bond motifs is 2. The van der Waals surface area contributed by atoms with Crippen LogP contribution >= 0.6 is 0 Å². The Labute approximate surface area is 247 Å². The number of hydrogen-bond acceptors (Lipinski definition) is 8. The van der Waals surface area contributed by atoms with E-state index < -0.39 is 0 Å². The van der Waals surface area contributed by atoms with Crippen LogP contribution in [0.5, 0.6) is 11.5 Å². The van der Waals surface area contributed by atoms with Crippen molar-refractivity contribution in [2.24, 2.45) is 13.0 Å². The van der Waals surface area contributed by atoms with E-state index in [4.69, 9.17) is 9.72 Å². The average molecular weight is 579 g/mol. The Morgan fingerprint density at radius 2 is 1.95 bits per heavy atom. The Hall–Kier alpha value is -5.06. The summed E-state index contributed by atoms with van der Waals surface area (Å²) in [5.41, 5.74) is 4.01. The number of pyridine rings is 1. The summed E-state index contributed by atoms with van der Waals surface area (Å²) in [6.07, 6.45) is 6.80. The largest absolute Gasteiger partial charge is 0.457 e. The monoisotopic (exact) mass is 578 g/mol. The number of benzene rings is 2. The minimum absolute atomic E-state index is 0.00365. The molecule has 43 heavy (non-hydrogen) atoms. The second kappa shape index (κ2) is 10.6. The molecule has 2 aliphatic rings. The SMILES string of the molecule is C=CC(=O)N1CCN(c2ccc3ncnc(Nc4ccc(Oc5cc(F)c6c(c5)ncn6C)c(C)c4)c3n2)CC1C1CC1. The summed E-state index contributed by atoms with van der Waals surface area (Å²) in [5, 5.41) is 3.39. The summed E-state index contributed by atoms with van der Waals surface area (Å²) in [4.78, 5) is 34.8. The number of aromatic nitrogens is 5. The minimum Gasteiger partial charge on any atom is -0.457 e. The number of carbonyl (C=O) groups is 1. The molecule has 1 amide bonds. The molecule has 11 heteroatoms. The number of hydrogen-bond donors (Lipinski definition) is 1. The van der Waals surface area contributed by atoms with Crippen LogP contribution in [0.25, 0.3) is 22.1 Å². The van der Waals surface area contributed by atoms with Crippen molar-refractivity contribution in [2.75, 3.05) is 29.9 Å². The second-order valence-corrected chi connectivity index (χ2v) is 11.2. The zero-order valence-electron chi connectivity index (χ0n) is 24.0. The summed E-state index contributed by atoms with van der Waals surface area (Å²) >= 11 is 0. The van der Waals surface area contributed by atoms with Crippen LogP contribution < -0.4 is 15.0 Å². The van der Waals surface area contributed by atoms with Crippen LogP contribution in [0.1, 0.15) is 18.4 Å². The van der Waals surface area contributed by atoms with Crippen molar-refractivity contribution >= 4 is 45.3 Å². The van der Waals surface area contributed by atoms with Gasteiger partial charge in [0.25, 0.3) is 0 Å². The van der Waals surface area contributed by atoms with Crippen LogP contribution in [0.4, 0.5) is 21.7 Å². The van der Waals surface area contributed by atoms with Crippen molar-refractivity contribution in [3.8, 4) is 11.5 Å². The van der Waals surface area contributed by atoms with E-state index in [9.17, 15) is 9.18 Å². The Balaban J connectivity index is 1.12. The van der Waals surface area contributed by atoms with Gasteiger partial charge in [-0.05, 0) is 67.7 Å². The fourth-order valence-corrected chi connectivity index (χ4v) is 5.87. The summed E-state index contributed by atoms with van der Waals surface area (Å²) in [6, 6.07) is 12.9. The predicted molar refractivity (Wildman–Crippen MR) is 163 cm³/mol. The summed E-state index contributed by atoms with van der Waals surface area (Å²) < 4.78 is 22.3. The first-order valence-electron chi connectivity index (χ1n) is 14.3. The first-order valence-corrected chi connectivity index (χ1v) is 14.3. The maximum absolute atomic E-state index is 14.7. The Kier molecular flexibility index (Phi) is 6.64. The number of halogens is 1. The highest BCUT2D eigenvalue weighted by molar-refractivity contribution is 5.89. The molecule has 0 bridgehead atoms. The van der Waals surface area contributed by atoms with E-state index in [2.05, 4.69) is 31.7 Å². The van der Waals surface area contributed by atoms with Gasteiger partial charge in [-0.25, -0.2) is 24.3 Å². The van der Waals surface area contributed by atoms with Crippen LogP contribution in [-0.4, -0.2) is 61.0 Å². The Bertz CT molecular complexity index is 1880. The lowest BCUT2D eigenvalue weighted by Crippen LogP contribution is -2.56. The van der Waals surface area contributed by atoms with Crippen LogP contribution in [0.15, 0.2) is 67.8 Å². The minimum atomic E-state index is -0.388. The van der Waals surface area contributed by atoms with E-state index in [0.717, 1.165) is 42.0 Å². The fourth-order valence-electron chi connectivity index (χ4n) is 5.87. The zero-order valence-corrected chi connectivity index (χ0v) is 24.0. The molecule has 4 heterocycles. The van der Waals surface area contributed by atoms with Crippen molar-refractivity contribution in [1.29, 1.82) is 0 Å². The van der Waals surface area contributed by atoms with Crippen molar-refractivity contribution in [3.05, 3.63) is 79.2 Å². The predicted octanol–water partition coefficient (Wildman–Crippen LogP) is 5.51. The van der Waals surface area contributed by atoms with Crippen molar-refractivity contribution in [1.82, 2.24) is 29.4 Å². The summed E-state index contributed by atoms with van der Waals surface area (Å²) in [7, 11) is 1.76. The summed E-state index contributed by atoms with van der Waals surface area (Å²) in [6.45, 7) is 7.67. The molecule has 3 aromatic heterocycles. The number of aryl methyl sites for hydroxylation is 2. The smallest absolute Gasteiger partial charge is 0.246 e. The van der Waals surface area contributed by atoms with Gasteiger partial charge in [0.15, 0.2) is 11.6 Å². The topological polar surface area (TPSA) is 101 Å². The molecule has 218 valence electrons. The van der Waals surface area contributed by atoms with Crippen molar-refractivity contribution in [3.63, 3.8) is 0 Å². The highest BCUT2D eigenvalue weighted by Crippen LogP contribution is 2.38. The fraction of sp³-hybridized carbons (Fsp3) is 0.281. The average Bonchev–Trinajstić information content (AvgIpc) is 3.79. The third-order valence-corrected chi connectivity index (χ3v) is 8.24. The van der Waals surface area contributed by atoms with Gasteiger partial charge in [0, 0.05) is 44.5 Å². The van der Waals surface area contributed by atoms with Gasteiger partial charge in [0.05, 0.1) is 23.4 Å². The lowest BCUT2D eigenvalue weighted by atomic mass is 10.1. The molecule has 1 aliphatic carbocycles. The van der Waals surface area contributed by atoms with Crippen LogP contribution in [0, 0.1) is 18.7 Å². The normalized spacial score (nSPS) is 17.0. The number of rotatable bonds is 7. The van der Waals surface area contributed by atoms with Gasteiger partial charge < -0.3 is 24.4 Å². The number of ether oxygens (including phenoxy) is 1. The molecule has 1 aliphatic heterocycles. The van der Waals surface area contributed by atoms with E-state index in [1.54, 1.807) is 24.0 Å². The van der Waals surface area contributed by atoms with Gasteiger partial charge in [-0.3, -0.25) is 4.79 Å². The van der Waals surface area contributed by atoms with Crippen LogP contribution in [0.2, 0.25) is 0 Å². The highest BCUT2D eigenvalue weighted by atomic mass is 19.1. The van der Waals surface area contributed by atoms with E-state index >= 15 is 0 Å². The number of piperazine rings is 1. The van der Waals surface area contributed by atoms with Crippen molar-refractivity contribution in [2.45, 2.75) is 25.8 Å². The highest BCUT2D eigenvalue weighted by Gasteiger charge is 2.40. The molecular weight excluding hydrogens is 547 g/mol. The third-order valence-electron chi connectivity index (χ3n) is 8.24. The zero-order chi connectivity index (χ0) is 29.7. The first kappa shape index (κ1) is 26.8. The molecular formula is C32H31FN8O2. The third kappa shape index (κ3) is 5.11. The van der Waals surface area contributed by atoms with E-state index in [1.807, 2.05) is 42.2 Å². The molecule has 7 rings (SSSR count). The molecule has 1 unspecified atom stereocenters. The maximum atomic E-state index is 14.7. The number of nitrogens with one attached hydrogen (secondary N) is 1. The standard InChI is InChI=1S/C32H31FN8O2/c1-4-29(42)41-12-11-40(16-26(41)20-5-6-20)28-10-8-24-30(38-28)32(35-17-34-24)37-21-7-9-27(19(2)13-21)43-22-14-23(33)31-25(15-22)36-18-39(31)3/h4,7-10,13-15,17-18,20,26H,1,5-6,11-12,16H2,2-3H3,(H,34,35,37). The Morgan fingerprint density at radius 1 is 1.09 bits per heavy atom. The number of carbonyl (C=O) groups excluding carboxylic acids is 1. The van der Waals surface area contributed by atoms with Gasteiger partial charge in [0.2, 0.25) is 5.91 Å². The van der Waals surface area contributed by atoms with Gasteiger partial charge in [-0.15, -0.1) is 0 Å². The molecule has 0 spiro atoms. The van der Waals surface area contributed by atoms with Gasteiger partial charge >= 0.3 is 0 Å². The van der Waals surface area contributed by atoms with Crippen molar-refractivity contribution < 1.29 is 13.9 Å².